The van der Waals surface area contributed by atoms with Crippen molar-refractivity contribution in [2.24, 2.45) is 0 Å². The molecule has 0 spiro atoms. The summed E-state index contributed by atoms with van der Waals surface area (Å²) in [6.07, 6.45) is 0. The second kappa shape index (κ2) is 11.4. The number of nitrogens with one attached hydrogen (secondary N) is 2. The van der Waals surface area contributed by atoms with Crippen LogP contribution in [0.2, 0.25) is 0 Å². The number of rotatable bonds is 9. The maximum atomic E-state index is 12.7. The van der Waals surface area contributed by atoms with Gasteiger partial charge in [0.1, 0.15) is 19.0 Å². The fourth-order valence-corrected chi connectivity index (χ4v) is 3.56. The Hall–Kier alpha value is -3.43. The average Bonchev–Trinajstić information content (AvgIpc) is 2.82. The molecular weight excluding hydrogens is 444 g/mol. The molecule has 0 aromatic heterocycles. The topological polar surface area (TPSA) is 95.1 Å². The van der Waals surface area contributed by atoms with E-state index in [0.717, 1.165) is 11.1 Å². The summed E-state index contributed by atoms with van der Waals surface area (Å²) in [6, 6.07) is 14.0. The molecule has 0 unspecified atom stereocenters. The summed E-state index contributed by atoms with van der Waals surface area (Å²) in [5, 5.41) is 6.54. The Morgan fingerprint density at radius 3 is 2.30 bits per heavy atom. The van der Waals surface area contributed by atoms with Gasteiger partial charge in [0.15, 0.2) is 5.11 Å². The summed E-state index contributed by atoms with van der Waals surface area (Å²) in [6.45, 7) is 2.61. The molecule has 1 heterocycles. The van der Waals surface area contributed by atoms with Gasteiger partial charge in [-0.1, -0.05) is 24.3 Å². The minimum atomic E-state index is -0.450. The van der Waals surface area contributed by atoms with Gasteiger partial charge in [-0.2, -0.15) is 0 Å². The van der Waals surface area contributed by atoms with Crippen LogP contribution in [0.5, 0.6) is 5.75 Å². The van der Waals surface area contributed by atoms with E-state index in [9.17, 15) is 9.59 Å². The van der Waals surface area contributed by atoms with Gasteiger partial charge in [0.25, 0.3) is 0 Å². The molecule has 0 bridgehead atoms. The standard InChI is InChI=1S/C24H26N2O6S/c1-15-20(23(28)31-13-12-29-2)21(26-24(33)25-15)17-8-10-19(11-9-17)32-14-16-4-6-18(7-5-16)22(27)30-3/h4-11,21H,12-14H2,1-3H3,(H2,25,26,33)/t21-/m0/s1. The van der Waals surface area contributed by atoms with Crippen molar-refractivity contribution in [3.63, 3.8) is 0 Å². The number of methoxy groups -OCH3 is 2. The van der Waals surface area contributed by atoms with Crippen molar-refractivity contribution in [3.05, 3.63) is 76.5 Å². The second-order valence-electron chi connectivity index (χ2n) is 7.25. The van der Waals surface area contributed by atoms with E-state index >= 15 is 0 Å². The van der Waals surface area contributed by atoms with E-state index in [1.807, 2.05) is 36.4 Å². The zero-order valence-corrected chi connectivity index (χ0v) is 19.5. The summed E-state index contributed by atoms with van der Waals surface area (Å²) >= 11 is 5.28. The second-order valence-corrected chi connectivity index (χ2v) is 7.65. The highest BCUT2D eigenvalue weighted by molar-refractivity contribution is 7.80. The van der Waals surface area contributed by atoms with Crippen LogP contribution in [0, 0.1) is 0 Å². The maximum Gasteiger partial charge on any atom is 0.338 e. The van der Waals surface area contributed by atoms with E-state index in [4.69, 9.17) is 31.2 Å². The molecule has 0 radical (unpaired) electrons. The van der Waals surface area contributed by atoms with Gasteiger partial charge in [-0.05, 0) is 54.5 Å². The molecule has 9 heteroatoms. The Bertz CT molecular complexity index is 1030. The minimum absolute atomic E-state index is 0.163. The van der Waals surface area contributed by atoms with E-state index in [2.05, 4.69) is 10.6 Å². The van der Waals surface area contributed by atoms with Gasteiger partial charge in [0.2, 0.25) is 0 Å². The number of carbonyl (C=O) groups excluding carboxylic acids is 2. The molecule has 2 N–H and O–H groups in total. The number of hydrogen-bond donors (Lipinski definition) is 2. The Labute approximate surface area is 197 Å². The molecule has 1 aliphatic heterocycles. The summed E-state index contributed by atoms with van der Waals surface area (Å²) in [7, 11) is 2.89. The molecule has 0 aliphatic carbocycles. The van der Waals surface area contributed by atoms with Gasteiger partial charge < -0.3 is 29.6 Å². The number of ether oxygens (including phenoxy) is 4. The molecular formula is C24H26N2O6S. The Kier molecular flexibility index (Phi) is 8.39. The van der Waals surface area contributed by atoms with Crippen LogP contribution in [0.4, 0.5) is 0 Å². The lowest BCUT2D eigenvalue weighted by Crippen LogP contribution is -2.45. The van der Waals surface area contributed by atoms with Crippen LogP contribution in [-0.4, -0.2) is 44.5 Å². The van der Waals surface area contributed by atoms with Crippen molar-refractivity contribution >= 4 is 29.3 Å². The highest BCUT2D eigenvalue weighted by Crippen LogP contribution is 2.29. The van der Waals surface area contributed by atoms with E-state index in [1.54, 1.807) is 26.2 Å². The van der Waals surface area contributed by atoms with Crippen molar-refractivity contribution < 1.29 is 28.5 Å². The first-order valence-electron chi connectivity index (χ1n) is 10.3. The summed E-state index contributed by atoms with van der Waals surface area (Å²) < 4.78 is 20.8. The van der Waals surface area contributed by atoms with Gasteiger partial charge in [0.05, 0.1) is 30.9 Å². The smallest absolute Gasteiger partial charge is 0.338 e. The molecule has 0 amide bonds. The number of benzene rings is 2. The van der Waals surface area contributed by atoms with Crippen LogP contribution in [-0.2, 0) is 25.6 Å². The summed E-state index contributed by atoms with van der Waals surface area (Å²) in [5.74, 6) is -0.152. The van der Waals surface area contributed by atoms with Crippen molar-refractivity contribution in [1.82, 2.24) is 10.6 Å². The normalized spacial score (nSPS) is 15.4. The molecule has 8 nitrogen and oxygen atoms in total. The minimum Gasteiger partial charge on any atom is -0.489 e. The Balaban J connectivity index is 1.68. The van der Waals surface area contributed by atoms with Crippen LogP contribution < -0.4 is 15.4 Å². The van der Waals surface area contributed by atoms with E-state index < -0.39 is 12.0 Å². The molecule has 1 aliphatic rings. The first kappa shape index (κ1) is 24.2. The van der Waals surface area contributed by atoms with Crippen LogP contribution in [0.15, 0.2) is 59.8 Å². The number of hydrogen-bond acceptors (Lipinski definition) is 7. The van der Waals surface area contributed by atoms with Gasteiger partial charge in [-0.15, -0.1) is 0 Å². The summed E-state index contributed by atoms with van der Waals surface area (Å²) in [4.78, 5) is 24.2. The lowest BCUT2D eigenvalue weighted by atomic mass is 9.95. The third-order valence-corrected chi connectivity index (χ3v) is 5.22. The predicted molar refractivity (Wildman–Crippen MR) is 126 cm³/mol. The quantitative estimate of drug-likeness (QED) is 0.326. The average molecular weight is 471 g/mol. The zero-order valence-electron chi connectivity index (χ0n) is 18.7. The Morgan fingerprint density at radius 1 is 0.970 bits per heavy atom. The van der Waals surface area contributed by atoms with Gasteiger partial charge in [0, 0.05) is 12.8 Å². The zero-order chi connectivity index (χ0) is 23.8. The highest BCUT2D eigenvalue weighted by atomic mass is 32.1. The van der Waals surface area contributed by atoms with E-state index in [1.165, 1.54) is 7.11 Å². The highest BCUT2D eigenvalue weighted by Gasteiger charge is 2.30. The molecule has 1 atom stereocenters. The summed E-state index contributed by atoms with van der Waals surface area (Å²) in [5.41, 5.74) is 3.34. The molecule has 33 heavy (non-hydrogen) atoms. The first-order chi connectivity index (χ1) is 15.9. The molecule has 0 saturated carbocycles. The largest absolute Gasteiger partial charge is 0.489 e. The SMILES string of the molecule is COCCOC(=O)C1=C(C)NC(=S)N[C@H]1c1ccc(OCc2ccc(C(=O)OC)cc2)cc1. The predicted octanol–water partition coefficient (Wildman–Crippen LogP) is 3.03. The van der Waals surface area contributed by atoms with Gasteiger partial charge >= 0.3 is 11.9 Å². The molecule has 0 saturated heterocycles. The first-order valence-corrected chi connectivity index (χ1v) is 10.7. The lowest BCUT2D eigenvalue weighted by molar-refractivity contribution is -0.140. The monoisotopic (exact) mass is 470 g/mol. The van der Waals surface area contributed by atoms with E-state index in [-0.39, 0.29) is 12.6 Å². The third kappa shape index (κ3) is 6.30. The van der Waals surface area contributed by atoms with Crippen LogP contribution >= 0.6 is 12.2 Å². The van der Waals surface area contributed by atoms with Gasteiger partial charge in [-0.25, -0.2) is 9.59 Å². The fraction of sp³-hybridized carbons (Fsp3) is 0.292. The van der Waals surface area contributed by atoms with Crippen LogP contribution in [0.25, 0.3) is 0 Å². The van der Waals surface area contributed by atoms with Crippen molar-refractivity contribution in [3.8, 4) is 5.75 Å². The number of esters is 2. The van der Waals surface area contributed by atoms with Crippen LogP contribution in [0.1, 0.15) is 34.5 Å². The molecule has 0 fully saturated rings. The van der Waals surface area contributed by atoms with Crippen molar-refractivity contribution in [2.45, 2.75) is 19.6 Å². The van der Waals surface area contributed by atoms with Crippen molar-refractivity contribution in [2.75, 3.05) is 27.4 Å². The molecule has 3 rings (SSSR count). The molecule has 174 valence electrons. The molecule has 2 aromatic carbocycles. The molecule has 2 aromatic rings. The maximum absolute atomic E-state index is 12.7. The fourth-order valence-electron chi connectivity index (χ4n) is 3.29. The third-order valence-electron chi connectivity index (χ3n) is 5.00. The number of carbonyl (C=O) groups is 2. The van der Waals surface area contributed by atoms with E-state index in [0.29, 0.717) is 40.9 Å². The lowest BCUT2D eigenvalue weighted by Gasteiger charge is -2.30. The Morgan fingerprint density at radius 2 is 1.67 bits per heavy atom. The van der Waals surface area contributed by atoms with Crippen LogP contribution in [0.3, 0.4) is 0 Å². The number of allylic oxidation sites excluding steroid dienone is 1. The number of thiocarbonyl (C=S) groups is 1. The van der Waals surface area contributed by atoms with Crippen molar-refractivity contribution in [1.29, 1.82) is 0 Å². The van der Waals surface area contributed by atoms with Gasteiger partial charge in [-0.3, -0.25) is 0 Å².